The lowest BCUT2D eigenvalue weighted by atomic mass is 9.83. The molecule has 7 rings (SSSR count). The second-order valence-electron chi connectivity index (χ2n) is 14.2. The number of fused-ring (bicyclic) bond motifs is 7. The van der Waals surface area contributed by atoms with Crippen LogP contribution >= 0.6 is 11.8 Å². The molecule has 0 saturated carbocycles. The molecule has 1 aliphatic heterocycles. The molecule has 0 radical (unpaired) electrons. The van der Waals surface area contributed by atoms with E-state index in [-0.39, 0.29) is 10.8 Å². The summed E-state index contributed by atoms with van der Waals surface area (Å²) in [4.78, 5) is 2.75. The van der Waals surface area contributed by atoms with Crippen LogP contribution in [-0.2, 0) is 19.9 Å². The second-order valence-corrected chi connectivity index (χ2v) is 15.2. The van der Waals surface area contributed by atoms with Gasteiger partial charge in [0.15, 0.2) is 6.20 Å². The van der Waals surface area contributed by atoms with Crippen molar-refractivity contribution in [2.45, 2.75) is 71.1 Å². The van der Waals surface area contributed by atoms with E-state index in [1.165, 1.54) is 70.1 Å². The molecule has 0 atom stereocenters. The lowest BCUT2D eigenvalue weighted by molar-refractivity contribution is -0.659. The lowest BCUT2D eigenvalue weighted by Crippen LogP contribution is -2.32. The first-order chi connectivity index (χ1) is 18.9. The van der Waals surface area contributed by atoms with Crippen LogP contribution in [0.3, 0.4) is 0 Å². The van der Waals surface area contributed by atoms with Gasteiger partial charge in [0.05, 0.1) is 10.9 Å². The Labute approximate surface area is 241 Å². The summed E-state index contributed by atoms with van der Waals surface area (Å²) in [5, 5.41) is 7.88. The molecular formula is C37H38NOS+. The van der Waals surface area contributed by atoms with Gasteiger partial charge < -0.3 is 4.42 Å². The van der Waals surface area contributed by atoms with Gasteiger partial charge in [-0.2, -0.15) is 0 Å². The number of aryl methyl sites for hydroxylation is 2. The molecular weight excluding hydrogens is 506 g/mol. The van der Waals surface area contributed by atoms with Crippen LogP contribution in [0.1, 0.15) is 58.2 Å². The maximum Gasteiger partial charge on any atom is 0.222 e. The number of nitrogens with zero attached hydrogens (tertiary/aromatic N) is 1. The Bertz CT molecular complexity index is 2010. The fourth-order valence-corrected chi connectivity index (χ4v) is 8.14. The number of hydrogen-bond acceptors (Lipinski definition) is 2. The summed E-state index contributed by atoms with van der Waals surface area (Å²) >= 11 is 1.97. The molecule has 40 heavy (non-hydrogen) atoms. The van der Waals surface area contributed by atoms with Crippen LogP contribution in [0.5, 0.6) is 0 Å². The van der Waals surface area contributed by atoms with Gasteiger partial charge in [-0.1, -0.05) is 89.7 Å². The Morgan fingerprint density at radius 2 is 1.55 bits per heavy atom. The average molecular weight is 545 g/mol. The van der Waals surface area contributed by atoms with Gasteiger partial charge in [-0.25, -0.2) is 4.57 Å². The zero-order chi connectivity index (χ0) is 28.1. The predicted molar refractivity (Wildman–Crippen MR) is 171 cm³/mol. The summed E-state index contributed by atoms with van der Waals surface area (Å²) in [5.41, 5.74) is 9.10. The number of para-hydroxylation sites is 1. The molecule has 0 N–H and O–H groups in total. The monoisotopic (exact) mass is 544 g/mol. The van der Waals surface area contributed by atoms with Crippen molar-refractivity contribution in [3.8, 4) is 11.3 Å². The molecule has 3 heteroatoms. The van der Waals surface area contributed by atoms with Gasteiger partial charge in [-0.15, -0.1) is 0 Å². The van der Waals surface area contributed by atoms with Crippen molar-refractivity contribution < 1.29 is 8.98 Å². The van der Waals surface area contributed by atoms with Gasteiger partial charge in [0.25, 0.3) is 0 Å². The Balaban J connectivity index is 1.60. The fourth-order valence-electron chi connectivity index (χ4n) is 6.78. The lowest BCUT2D eigenvalue weighted by Gasteiger charge is -2.27. The van der Waals surface area contributed by atoms with Gasteiger partial charge in [-0.3, -0.25) is 0 Å². The van der Waals surface area contributed by atoms with E-state index in [0.717, 1.165) is 24.0 Å². The Morgan fingerprint density at radius 3 is 2.30 bits per heavy atom. The van der Waals surface area contributed by atoms with Crippen molar-refractivity contribution in [3.63, 3.8) is 0 Å². The van der Waals surface area contributed by atoms with E-state index in [2.05, 4.69) is 121 Å². The molecule has 0 unspecified atom stereocenters. The number of benzene rings is 4. The third-order valence-electron chi connectivity index (χ3n) is 8.27. The third-order valence-corrected chi connectivity index (χ3v) is 9.46. The predicted octanol–water partition coefficient (Wildman–Crippen LogP) is 10.3. The topological polar surface area (TPSA) is 17.0 Å². The molecule has 1 aliphatic rings. The van der Waals surface area contributed by atoms with Crippen molar-refractivity contribution in [3.05, 3.63) is 77.5 Å². The van der Waals surface area contributed by atoms with Crippen molar-refractivity contribution in [2.24, 2.45) is 17.9 Å². The average Bonchev–Trinajstić information content (AvgIpc) is 3.26. The van der Waals surface area contributed by atoms with Crippen LogP contribution in [0.2, 0.25) is 0 Å². The van der Waals surface area contributed by atoms with Crippen LogP contribution in [0.4, 0.5) is 0 Å². The molecule has 2 nitrogen and oxygen atoms in total. The van der Waals surface area contributed by atoms with Crippen molar-refractivity contribution in [1.82, 2.24) is 0 Å². The van der Waals surface area contributed by atoms with Gasteiger partial charge in [0, 0.05) is 37.6 Å². The molecule has 2 aromatic heterocycles. The van der Waals surface area contributed by atoms with E-state index in [1.807, 2.05) is 11.8 Å². The van der Waals surface area contributed by atoms with Crippen molar-refractivity contribution >= 4 is 55.2 Å². The zero-order valence-corrected chi connectivity index (χ0v) is 25.8. The van der Waals surface area contributed by atoms with Crippen molar-refractivity contribution in [1.29, 1.82) is 0 Å². The largest absolute Gasteiger partial charge is 0.456 e. The molecule has 0 saturated heterocycles. The van der Waals surface area contributed by atoms with Gasteiger partial charge in [0.1, 0.15) is 18.2 Å². The standard InChI is InChI=1S/C37H38NOS/c1-21-30-33-32-25(15-16-38(33)8)24-14-13-22(19-36(2,3)4)17-23(24)18-29(32)40-35(30)27(20-37(5,6)7)31-26-11-9-10-12-28(26)39-34(21)31/h9-18H,19-20H2,1-8H3/q+1. The Kier molecular flexibility index (Phi) is 5.52. The van der Waals surface area contributed by atoms with Gasteiger partial charge in [0.2, 0.25) is 5.69 Å². The molecule has 202 valence electrons. The minimum absolute atomic E-state index is 0.134. The van der Waals surface area contributed by atoms with Crippen molar-refractivity contribution in [2.75, 3.05) is 0 Å². The van der Waals surface area contributed by atoms with E-state index in [1.54, 1.807) is 0 Å². The minimum atomic E-state index is 0.134. The van der Waals surface area contributed by atoms with E-state index in [0.29, 0.717) is 0 Å². The summed E-state index contributed by atoms with van der Waals surface area (Å²) in [7, 11) is 2.20. The second kappa shape index (κ2) is 8.60. The summed E-state index contributed by atoms with van der Waals surface area (Å²) in [6, 6.07) is 20.4. The number of furan rings is 1. The smallest absolute Gasteiger partial charge is 0.222 e. The highest BCUT2D eigenvalue weighted by Crippen LogP contribution is 2.54. The fraction of sp³-hybridized carbons (Fsp3) is 0.324. The van der Waals surface area contributed by atoms with E-state index in [4.69, 9.17) is 4.42 Å². The Morgan fingerprint density at radius 1 is 0.800 bits per heavy atom. The maximum atomic E-state index is 6.63. The van der Waals surface area contributed by atoms with Crippen LogP contribution in [0, 0.1) is 17.8 Å². The normalized spacial score (nSPS) is 13.6. The first kappa shape index (κ1) is 25.7. The van der Waals surface area contributed by atoms with Gasteiger partial charge in [-0.05, 0) is 64.6 Å². The van der Waals surface area contributed by atoms with E-state index in [9.17, 15) is 0 Å². The van der Waals surface area contributed by atoms with E-state index < -0.39 is 0 Å². The molecule has 0 bridgehead atoms. The third kappa shape index (κ3) is 3.96. The highest BCUT2D eigenvalue weighted by atomic mass is 32.2. The van der Waals surface area contributed by atoms with Crippen LogP contribution in [0.15, 0.2) is 75.0 Å². The van der Waals surface area contributed by atoms with Gasteiger partial charge >= 0.3 is 0 Å². The summed E-state index contributed by atoms with van der Waals surface area (Å²) in [6.45, 7) is 16.3. The molecule has 0 aliphatic carbocycles. The van der Waals surface area contributed by atoms with Crippen LogP contribution < -0.4 is 4.57 Å². The Hall–Kier alpha value is -3.30. The number of hydrogen-bond donors (Lipinski definition) is 0. The summed E-state index contributed by atoms with van der Waals surface area (Å²) < 4.78 is 8.96. The molecule has 3 heterocycles. The summed E-state index contributed by atoms with van der Waals surface area (Å²) in [5.74, 6) is 0. The quantitative estimate of drug-likeness (QED) is 0.159. The van der Waals surface area contributed by atoms with Crippen LogP contribution in [0.25, 0.3) is 54.7 Å². The van der Waals surface area contributed by atoms with E-state index >= 15 is 0 Å². The van der Waals surface area contributed by atoms with Crippen LogP contribution in [-0.4, -0.2) is 0 Å². The zero-order valence-electron chi connectivity index (χ0n) is 25.0. The molecule has 0 amide bonds. The number of pyridine rings is 1. The first-order valence-corrected chi connectivity index (χ1v) is 15.2. The minimum Gasteiger partial charge on any atom is -0.456 e. The highest BCUT2D eigenvalue weighted by molar-refractivity contribution is 8.00. The maximum absolute atomic E-state index is 6.63. The molecule has 4 aromatic carbocycles. The molecule has 0 spiro atoms. The molecule has 0 fully saturated rings. The highest BCUT2D eigenvalue weighted by Gasteiger charge is 2.35. The number of aromatic nitrogens is 1. The molecule has 6 aromatic rings. The first-order valence-electron chi connectivity index (χ1n) is 14.4. The number of rotatable bonds is 2. The SMILES string of the molecule is Cc1c2c(c(CC(C)(C)C)c3c1oc1ccccc13)Sc1cc3cc(CC(C)(C)C)ccc3c3cc[n+](C)c-2c13. The summed E-state index contributed by atoms with van der Waals surface area (Å²) in [6.07, 6.45) is 4.30.